The minimum Gasteiger partial charge on any atom is -0.355 e. The number of carbonyl (C=O) groups is 2. The van der Waals surface area contributed by atoms with E-state index >= 15 is 0 Å². The second-order valence-electron chi connectivity index (χ2n) is 8.38. The summed E-state index contributed by atoms with van der Waals surface area (Å²) in [5.74, 6) is 2.57. The molecule has 0 spiro atoms. The molecule has 4 aliphatic carbocycles. The lowest BCUT2D eigenvalue weighted by atomic mass is 9.53. The van der Waals surface area contributed by atoms with Crippen molar-refractivity contribution in [2.75, 3.05) is 19.6 Å². The third kappa shape index (κ3) is 3.61. The first-order valence-electron chi connectivity index (χ1n) is 9.77. The molecular formula is C19H33N3O2. The van der Waals surface area contributed by atoms with Crippen molar-refractivity contribution in [3.8, 4) is 0 Å². The average molecular weight is 335 g/mol. The average Bonchev–Trinajstić information content (AvgIpc) is 2.50. The fourth-order valence-electron chi connectivity index (χ4n) is 5.76. The summed E-state index contributed by atoms with van der Waals surface area (Å²) in [6.45, 7) is 7.47. The molecule has 0 aromatic carbocycles. The largest absolute Gasteiger partial charge is 0.355 e. The van der Waals surface area contributed by atoms with Crippen LogP contribution in [0.2, 0.25) is 0 Å². The van der Waals surface area contributed by atoms with Gasteiger partial charge in [-0.3, -0.25) is 14.5 Å². The van der Waals surface area contributed by atoms with Crippen LogP contribution in [0.1, 0.15) is 59.3 Å². The predicted molar refractivity (Wildman–Crippen MR) is 94.4 cm³/mol. The molecule has 0 aliphatic heterocycles. The van der Waals surface area contributed by atoms with Crippen molar-refractivity contribution < 1.29 is 9.59 Å². The maximum Gasteiger partial charge on any atom is 0.237 e. The third-order valence-electron chi connectivity index (χ3n) is 6.48. The van der Waals surface area contributed by atoms with Gasteiger partial charge in [0, 0.05) is 12.1 Å². The number of amides is 2. The minimum atomic E-state index is -0.259. The molecule has 4 rings (SSSR count). The van der Waals surface area contributed by atoms with Crippen LogP contribution in [0.25, 0.3) is 0 Å². The molecule has 5 heteroatoms. The molecule has 2 amide bonds. The van der Waals surface area contributed by atoms with Crippen molar-refractivity contribution in [3.63, 3.8) is 0 Å². The summed E-state index contributed by atoms with van der Waals surface area (Å²) in [4.78, 5) is 26.7. The molecule has 0 aromatic heterocycles. The summed E-state index contributed by atoms with van der Waals surface area (Å²) in [6, 6.07) is -0.259. The van der Waals surface area contributed by atoms with Gasteiger partial charge in [-0.25, -0.2) is 0 Å². The molecular weight excluding hydrogens is 302 g/mol. The van der Waals surface area contributed by atoms with Crippen LogP contribution in [0.15, 0.2) is 0 Å². The van der Waals surface area contributed by atoms with Gasteiger partial charge in [0.25, 0.3) is 0 Å². The van der Waals surface area contributed by atoms with Gasteiger partial charge in [0.15, 0.2) is 0 Å². The number of hydrogen-bond donors (Lipinski definition) is 2. The standard InChI is InChI=1S/C19H33N3O2/c1-4-20-17(23)12-22(5-2)13(3)18(24)21-19-9-14-6-15(10-19)8-16(7-14)11-19/h13-16H,4-12H2,1-3H3,(H,20,23)(H,21,24)/t13-,14?,15?,16?,19?/m0/s1. The van der Waals surface area contributed by atoms with Crippen molar-refractivity contribution in [1.82, 2.24) is 15.5 Å². The SMILES string of the molecule is CCNC(=O)CN(CC)[C@@H](C)C(=O)NC12CC3CC(CC(C3)C1)C2. The lowest BCUT2D eigenvalue weighted by molar-refractivity contribution is -0.132. The summed E-state index contributed by atoms with van der Waals surface area (Å²) < 4.78 is 0. The van der Waals surface area contributed by atoms with Gasteiger partial charge in [0.2, 0.25) is 11.8 Å². The second kappa shape index (κ2) is 7.03. The van der Waals surface area contributed by atoms with E-state index in [2.05, 4.69) is 10.6 Å². The van der Waals surface area contributed by atoms with Gasteiger partial charge in [-0.15, -0.1) is 0 Å². The summed E-state index contributed by atoms with van der Waals surface area (Å²) in [7, 11) is 0. The molecule has 0 heterocycles. The molecule has 0 aromatic rings. The molecule has 2 N–H and O–H groups in total. The van der Waals surface area contributed by atoms with E-state index in [1.165, 1.54) is 38.5 Å². The van der Waals surface area contributed by atoms with Crippen LogP contribution in [0, 0.1) is 17.8 Å². The van der Waals surface area contributed by atoms with E-state index in [1.807, 2.05) is 25.7 Å². The zero-order valence-corrected chi connectivity index (χ0v) is 15.4. The van der Waals surface area contributed by atoms with Crippen molar-refractivity contribution >= 4 is 11.8 Å². The lowest BCUT2D eigenvalue weighted by Crippen LogP contribution is -2.62. The topological polar surface area (TPSA) is 61.4 Å². The fourth-order valence-corrected chi connectivity index (χ4v) is 5.76. The highest BCUT2D eigenvalue weighted by Gasteiger charge is 2.51. The zero-order chi connectivity index (χ0) is 17.3. The predicted octanol–water partition coefficient (Wildman–Crippen LogP) is 1.92. The highest BCUT2D eigenvalue weighted by molar-refractivity contribution is 5.84. The van der Waals surface area contributed by atoms with Gasteiger partial charge in [-0.2, -0.15) is 0 Å². The van der Waals surface area contributed by atoms with Crippen LogP contribution >= 0.6 is 0 Å². The van der Waals surface area contributed by atoms with Gasteiger partial charge in [0.1, 0.15) is 0 Å². The molecule has 5 nitrogen and oxygen atoms in total. The van der Waals surface area contributed by atoms with E-state index in [4.69, 9.17) is 0 Å². The smallest absolute Gasteiger partial charge is 0.237 e. The molecule has 0 saturated heterocycles. The Hall–Kier alpha value is -1.10. The summed E-state index contributed by atoms with van der Waals surface area (Å²) >= 11 is 0. The van der Waals surface area contributed by atoms with Gasteiger partial charge in [-0.1, -0.05) is 6.92 Å². The van der Waals surface area contributed by atoms with Crippen LogP contribution in [0.5, 0.6) is 0 Å². The van der Waals surface area contributed by atoms with Crippen LogP contribution in [0.3, 0.4) is 0 Å². The number of carbonyl (C=O) groups excluding carboxylic acids is 2. The van der Waals surface area contributed by atoms with Crippen LogP contribution in [0.4, 0.5) is 0 Å². The monoisotopic (exact) mass is 335 g/mol. The highest BCUT2D eigenvalue weighted by Crippen LogP contribution is 2.55. The van der Waals surface area contributed by atoms with E-state index in [0.29, 0.717) is 19.6 Å². The molecule has 4 bridgehead atoms. The van der Waals surface area contributed by atoms with Gasteiger partial charge >= 0.3 is 0 Å². The van der Waals surface area contributed by atoms with E-state index in [1.54, 1.807) is 0 Å². The molecule has 4 fully saturated rings. The van der Waals surface area contributed by atoms with Crippen LogP contribution in [-0.2, 0) is 9.59 Å². The first kappa shape index (κ1) is 17.7. The maximum absolute atomic E-state index is 12.9. The van der Waals surface area contributed by atoms with Crippen molar-refractivity contribution in [2.45, 2.75) is 70.9 Å². The Kier molecular flexibility index (Phi) is 5.19. The number of rotatable bonds is 7. The fraction of sp³-hybridized carbons (Fsp3) is 0.895. The van der Waals surface area contributed by atoms with Crippen LogP contribution in [-0.4, -0.2) is 47.9 Å². The Morgan fingerprint density at radius 1 is 1.08 bits per heavy atom. The highest BCUT2D eigenvalue weighted by atomic mass is 16.2. The lowest BCUT2D eigenvalue weighted by Gasteiger charge is -2.57. The summed E-state index contributed by atoms with van der Waals surface area (Å²) in [5, 5.41) is 6.25. The minimum absolute atomic E-state index is 0.00574. The zero-order valence-electron chi connectivity index (χ0n) is 15.4. The Labute approximate surface area is 145 Å². The van der Waals surface area contributed by atoms with E-state index in [0.717, 1.165) is 17.8 Å². The Morgan fingerprint density at radius 3 is 2.08 bits per heavy atom. The van der Waals surface area contributed by atoms with Crippen LogP contribution < -0.4 is 10.6 Å². The Balaban J connectivity index is 1.60. The normalized spacial score (nSPS) is 35.1. The quantitative estimate of drug-likeness (QED) is 0.747. The molecule has 24 heavy (non-hydrogen) atoms. The number of nitrogens with zero attached hydrogens (tertiary/aromatic N) is 1. The Bertz CT molecular complexity index is 456. The number of likely N-dealkylation sites (N-methyl/N-ethyl adjacent to an activating group) is 2. The molecule has 4 aliphatic rings. The molecule has 0 unspecified atom stereocenters. The van der Waals surface area contributed by atoms with Gasteiger partial charge < -0.3 is 10.6 Å². The first-order chi connectivity index (χ1) is 11.4. The Morgan fingerprint density at radius 2 is 1.62 bits per heavy atom. The molecule has 0 radical (unpaired) electrons. The third-order valence-corrected chi connectivity index (χ3v) is 6.48. The second-order valence-corrected chi connectivity index (χ2v) is 8.38. The number of hydrogen-bond acceptors (Lipinski definition) is 3. The van der Waals surface area contributed by atoms with Crippen molar-refractivity contribution in [2.24, 2.45) is 17.8 Å². The van der Waals surface area contributed by atoms with E-state index < -0.39 is 0 Å². The molecule has 4 saturated carbocycles. The first-order valence-corrected chi connectivity index (χ1v) is 9.77. The number of nitrogens with one attached hydrogen (secondary N) is 2. The molecule has 1 atom stereocenters. The van der Waals surface area contributed by atoms with Gasteiger partial charge in [0.05, 0.1) is 12.6 Å². The summed E-state index contributed by atoms with van der Waals surface area (Å²) in [6.07, 6.45) is 7.63. The van der Waals surface area contributed by atoms with Gasteiger partial charge in [-0.05, 0) is 76.7 Å². The maximum atomic E-state index is 12.9. The summed E-state index contributed by atoms with van der Waals surface area (Å²) in [5.41, 5.74) is 0.0468. The van der Waals surface area contributed by atoms with Crippen molar-refractivity contribution in [1.29, 1.82) is 0 Å². The van der Waals surface area contributed by atoms with Crippen molar-refractivity contribution in [3.05, 3.63) is 0 Å². The molecule has 136 valence electrons. The van der Waals surface area contributed by atoms with E-state index in [-0.39, 0.29) is 23.4 Å². The van der Waals surface area contributed by atoms with E-state index in [9.17, 15) is 9.59 Å².